The molecule has 1 rings (SSSR count). The highest BCUT2D eigenvalue weighted by Crippen LogP contribution is 2.10. The second-order valence-electron chi connectivity index (χ2n) is 4.86. The van der Waals surface area contributed by atoms with E-state index in [0.29, 0.717) is 0 Å². The Morgan fingerprint density at radius 1 is 1.26 bits per heavy atom. The Bertz CT molecular complexity index is 546. The molecule has 0 aliphatic rings. The first-order valence-corrected chi connectivity index (χ1v) is 7.05. The minimum Gasteiger partial charge on any atom is -0.459 e. The van der Waals surface area contributed by atoms with Crippen LogP contribution >= 0.6 is 0 Å². The fourth-order valence-electron chi connectivity index (χ4n) is 1.23. The molecule has 0 radical (unpaired) electrons. The molecule has 0 fully saturated rings. The van der Waals surface area contributed by atoms with Crippen LogP contribution in [0.25, 0.3) is 0 Å². The van der Waals surface area contributed by atoms with Gasteiger partial charge in [-0.1, -0.05) is 0 Å². The Hall–Kier alpha value is -1.47. The van der Waals surface area contributed by atoms with Crippen LogP contribution in [0.1, 0.15) is 20.8 Å². The molecule has 1 N–H and O–H groups in total. The Morgan fingerprint density at radius 2 is 1.79 bits per heavy atom. The maximum absolute atomic E-state index is 12.7. The molecule has 0 saturated carbocycles. The molecule has 0 spiro atoms. The zero-order chi connectivity index (χ0) is 14.7. The van der Waals surface area contributed by atoms with Gasteiger partial charge in [-0.2, -0.15) is 4.72 Å². The molecule has 1 aromatic carbocycles. The van der Waals surface area contributed by atoms with Crippen LogP contribution in [-0.4, -0.2) is 26.5 Å². The van der Waals surface area contributed by atoms with Gasteiger partial charge in [-0.05, 0) is 45.0 Å². The normalized spacial score (nSPS) is 12.2. The fraction of sp³-hybridized carbons (Fsp3) is 0.417. The van der Waals surface area contributed by atoms with Gasteiger partial charge in [-0.15, -0.1) is 0 Å². The van der Waals surface area contributed by atoms with Crippen molar-refractivity contribution in [2.45, 2.75) is 31.3 Å². The van der Waals surface area contributed by atoms with Crippen molar-refractivity contribution in [2.24, 2.45) is 0 Å². The SMILES string of the molecule is CC(C)(C)OC(=O)CNS(=O)(=O)c1ccc(F)cc1. The number of hydrogen-bond donors (Lipinski definition) is 1. The van der Waals surface area contributed by atoms with Gasteiger partial charge in [0.1, 0.15) is 18.0 Å². The standard InChI is InChI=1S/C12H16FNO4S/c1-12(2,3)18-11(15)8-14-19(16,17)10-6-4-9(13)5-7-10/h4-7,14H,8H2,1-3H3. The number of esters is 1. The van der Waals surface area contributed by atoms with Gasteiger partial charge in [0.2, 0.25) is 10.0 Å². The lowest BCUT2D eigenvalue weighted by atomic mass is 10.2. The zero-order valence-corrected chi connectivity index (χ0v) is 11.8. The number of nitrogens with one attached hydrogen (secondary N) is 1. The minimum absolute atomic E-state index is 0.113. The Morgan fingerprint density at radius 3 is 2.26 bits per heavy atom. The van der Waals surface area contributed by atoms with E-state index in [1.54, 1.807) is 20.8 Å². The van der Waals surface area contributed by atoms with Crippen molar-refractivity contribution in [1.29, 1.82) is 0 Å². The van der Waals surface area contributed by atoms with E-state index in [9.17, 15) is 17.6 Å². The number of sulfonamides is 1. The largest absolute Gasteiger partial charge is 0.459 e. The number of hydrogen-bond acceptors (Lipinski definition) is 4. The van der Waals surface area contributed by atoms with Gasteiger partial charge in [0.05, 0.1) is 4.90 Å². The molecule has 7 heteroatoms. The van der Waals surface area contributed by atoms with E-state index in [4.69, 9.17) is 4.74 Å². The lowest BCUT2D eigenvalue weighted by Crippen LogP contribution is -2.34. The smallest absolute Gasteiger partial charge is 0.321 e. The van der Waals surface area contributed by atoms with Crippen molar-refractivity contribution in [3.8, 4) is 0 Å². The lowest BCUT2D eigenvalue weighted by Gasteiger charge is -2.19. The van der Waals surface area contributed by atoms with Crippen LogP contribution in [0.3, 0.4) is 0 Å². The second kappa shape index (κ2) is 5.66. The van der Waals surface area contributed by atoms with Gasteiger partial charge < -0.3 is 4.74 Å². The number of halogens is 1. The molecule has 0 bridgehead atoms. The van der Waals surface area contributed by atoms with E-state index in [1.807, 2.05) is 0 Å². The van der Waals surface area contributed by atoms with Crippen LogP contribution in [0, 0.1) is 5.82 Å². The van der Waals surface area contributed by atoms with Gasteiger partial charge in [0.15, 0.2) is 0 Å². The van der Waals surface area contributed by atoms with Crippen molar-refractivity contribution in [3.05, 3.63) is 30.1 Å². The van der Waals surface area contributed by atoms with Crippen LogP contribution in [-0.2, 0) is 19.6 Å². The Kier molecular flexibility index (Phi) is 4.65. The lowest BCUT2D eigenvalue weighted by molar-refractivity contribution is -0.153. The second-order valence-corrected chi connectivity index (χ2v) is 6.63. The van der Waals surface area contributed by atoms with Crippen LogP contribution in [0.4, 0.5) is 4.39 Å². The number of ether oxygens (including phenoxy) is 1. The third kappa shape index (κ3) is 5.35. The highest BCUT2D eigenvalue weighted by molar-refractivity contribution is 7.89. The van der Waals surface area contributed by atoms with E-state index < -0.39 is 34.0 Å². The quantitative estimate of drug-likeness (QED) is 0.851. The van der Waals surface area contributed by atoms with E-state index in [1.165, 1.54) is 0 Å². The molecule has 1 aromatic rings. The van der Waals surface area contributed by atoms with Crippen LogP contribution in [0.5, 0.6) is 0 Å². The minimum atomic E-state index is -3.85. The summed E-state index contributed by atoms with van der Waals surface area (Å²) in [5.41, 5.74) is -0.682. The molecule has 0 unspecified atom stereocenters. The summed E-state index contributed by atoms with van der Waals surface area (Å²) in [4.78, 5) is 11.3. The van der Waals surface area contributed by atoms with E-state index in [2.05, 4.69) is 4.72 Å². The molecule has 0 atom stereocenters. The maximum atomic E-state index is 12.7. The number of carbonyl (C=O) groups is 1. The highest BCUT2D eigenvalue weighted by Gasteiger charge is 2.19. The van der Waals surface area contributed by atoms with Crippen molar-refractivity contribution < 1.29 is 22.3 Å². The van der Waals surface area contributed by atoms with Crippen molar-refractivity contribution in [3.63, 3.8) is 0 Å². The van der Waals surface area contributed by atoms with E-state index in [-0.39, 0.29) is 4.90 Å². The number of benzene rings is 1. The van der Waals surface area contributed by atoms with Crippen LogP contribution in [0.15, 0.2) is 29.2 Å². The average molecular weight is 289 g/mol. The van der Waals surface area contributed by atoms with Gasteiger partial charge >= 0.3 is 5.97 Å². The summed E-state index contributed by atoms with van der Waals surface area (Å²) in [6, 6.07) is 4.30. The monoisotopic (exact) mass is 289 g/mol. The third-order valence-electron chi connectivity index (χ3n) is 1.95. The van der Waals surface area contributed by atoms with Crippen LogP contribution in [0.2, 0.25) is 0 Å². The molecule has 0 amide bonds. The molecule has 0 heterocycles. The average Bonchev–Trinajstić information content (AvgIpc) is 2.25. The molecular weight excluding hydrogens is 273 g/mol. The molecule has 0 aromatic heterocycles. The van der Waals surface area contributed by atoms with E-state index in [0.717, 1.165) is 24.3 Å². The predicted molar refractivity (Wildman–Crippen MR) is 67.4 cm³/mol. The zero-order valence-electron chi connectivity index (χ0n) is 10.9. The number of rotatable bonds is 4. The summed E-state index contributed by atoms with van der Waals surface area (Å²) in [7, 11) is -3.85. The first-order valence-electron chi connectivity index (χ1n) is 5.57. The van der Waals surface area contributed by atoms with Gasteiger partial charge in [-0.25, -0.2) is 12.8 Å². The summed E-state index contributed by atoms with van der Waals surface area (Å²) in [6.45, 7) is 4.56. The molecular formula is C12H16FNO4S. The summed E-state index contributed by atoms with van der Waals surface area (Å²) in [5.74, 6) is -1.22. The Labute approximate surface area is 111 Å². The number of carbonyl (C=O) groups excluding carboxylic acids is 1. The van der Waals surface area contributed by atoms with Crippen molar-refractivity contribution in [1.82, 2.24) is 4.72 Å². The van der Waals surface area contributed by atoms with Gasteiger partial charge in [0.25, 0.3) is 0 Å². The summed E-state index contributed by atoms with van der Waals surface area (Å²) in [6.07, 6.45) is 0. The van der Waals surface area contributed by atoms with Crippen molar-refractivity contribution >= 4 is 16.0 Å². The van der Waals surface area contributed by atoms with Crippen LogP contribution < -0.4 is 4.72 Å². The molecule has 106 valence electrons. The molecule has 0 saturated heterocycles. The topological polar surface area (TPSA) is 72.5 Å². The predicted octanol–water partition coefficient (Wildman–Crippen LogP) is 1.45. The van der Waals surface area contributed by atoms with Gasteiger partial charge in [0, 0.05) is 0 Å². The first kappa shape index (κ1) is 15.6. The molecule has 0 aliphatic carbocycles. The third-order valence-corrected chi connectivity index (χ3v) is 3.37. The fourth-order valence-corrected chi connectivity index (χ4v) is 2.20. The van der Waals surface area contributed by atoms with Gasteiger partial charge in [-0.3, -0.25) is 4.79 Å². The molecule has 0 aliphatic heterocycles. The Balaban J connectivity index is 2.66. The van der Waals surface area contributed by atoms with Crippen molar-refractivity contribution in [2.75, 3.05) is 6.54 Å². The highest BCUT2D eigenvalue weighted by atomic mass is 32.2. The summed E-state index contributed by atoms with van der Waals surface area (Å²) >= 11 is 0. The summed E-state index contributed by atoms with van der Waals surface area (Å²) in [5, 5.41) is 0. The maximum Gasteiger partial charge on any atom is 0.321 e. The van der Waals surface area contributed by atoms with E-state index >= 15 is 0 Å². The summed E-state index contributed by atoms with van der Waals surface area (Å²) < 4.78 is 43.3. The first-order chi connectivity index (χ1) is 8.60. The molecule has 5 nitrogen and oxygen atoms in total. The molecule has 19 heavy (non-hydrogen) atoms.